The third-order valence-corrected chi connectivity index (χ3v) is 2.26. The van der Waals surface area contributed by atoms with Crippen molar-refractivity contribution in [2.24, 2.45) is 0 Å². The zero-order valence-electron chi connectivity index (χ0n) is 9.04. The van der Waals surface area contributed by atoms with Crippen LogP contribution in [0.5, 0.6) is 5.88 Å². The van der Waals surface area contributed by atoms with Gasteiger partial charge in [0.05, 0.1) is 12.1 Å². The van der Waals surface area contributed by atoms with Crippen molar-refractivity contribution in [3.05, 3.63) is 16.6 Å². The molecule has 2 aromatic rings. The zero-order valence-corrected chi connectivity index (χ0v) is 9.04. The molecule has 0 radical (unpaired) electrons. The molecule has 2 rings (SSSR count). The molecule has 0 atom stereocenters. The van der Waals surface area contributed by atoms with E-state index in [9.17, 15) is 4.79 Å². The molecule has 0 aliphatic rings. The summed E-state index contributed by atoms with van der Waals surface area (Å²) in [4.78, 5) is 20.3. The molecular formula is C10H14N4O2. The van der Waals surface area contributed by atoms with Gasteiger partial charge in [0, 0.05) is 6.07 Å². The van der Waals surface area contributed by atoms with Crippen molar-refractivity contribution >= 4 is 16.9 Å². The van der Waals surface area contributed by atoms with Gasteiger partial charge in [0.2, 0.25) is 5.88 Å². The van der Waals surface area contributed by atoms with Gasteiger partial charge in [-0.05, 0) is 6.42 Å². The van der Waals surface area contributed by atoms with Crippen LogP contribution in [0.3, 0.4) is 0 Å². The van der Waals surface area contributed by atoms with Gasteiger partial charge < -0.3 is 20.4 Å². The lowest BCUT2D eigenvalue weighted by molar-refractivity contribution is 0.299. The summed E-state index contributed by atoms with van der Waals surface area (Å²) in [6, 6.07) is 1.67. The first-order valence-electron chi connectivity index (χ1n) is 5.22. The van der Waals surface area contributed by atoms with E-state index in [1.54, 1.807) is 6.07 Å². The molecule has 0 spiro atoms. The van der Waals surface area contributed by atoms with Crippen molar-refractivity contribution in [2.45, 2.75) is 19.8 Å². The highest BCUT2D eigenvalue weighted by molar-refractivity contribution is 5.84. The van der Waals surface area contributed by atoms with Gasteiger partial charge >= 0.3 is 5.69 Å². The molecule has 0 fully saturated rings. The maximum atomic E-state index is 11.1. The molecule has 6 heteroatoms. The summed E-state index contributed by atoms with van der Waals surface area (Å²) in [6.45, 7) is 2.68. The summed E-state index contributed by atoms with van der Waals surface area (Å²) >= 11 is 0. The van der Waals surface area contributed by atoms with Crippen LogP contribution < -0.4 is 16.2 Å². The largest absolute Gasteiger partial charge is 0.478 e. The van der Waals surface area contributed by atoms with Crippen molar-refractivity contribution in [3.8, 4) is 5.88 Å². The fourth-order valence-electron chi connectivity index (χ4n) is 1.43. The summed E-state index contributed by atoms with van der Waals surface area (Å²) in [5, 5.41) is 0. The van der Waals surface area contributed by atoms with Crippen molar-refractivity contribution in [2.75, 3.05) is 12.3 Å². The molecule has 0 amide bonds. The highest BCUT2D eigenvalue weighted by Gasteiger charge is 2.06. The Hall–Kier alpha value is -1.98. The first-order valence-corrected chi connectivity index (χ1v) is 5.22. The Labute approximate surface area is 91.8 Å². The number of hydrogen-bond donors (Lipinski definition) is 3. The lowest BCUT2D eigenvalue weighted by Crippen LogP contribution is -2.01. The fraction of sp³-hybridized carbons (Fsp3) is 0.400. The molecule has 2 heterocycles. The molecule has 0 unspecified atom stereocenters. The van der Waals surface area contributed by atoms with Gasteiger partial charge in [-0.3, -0.25) is 0 Å². The number of H-pyrrole nitrogens is 2. The van der Waals surface area contributed by atoms with Crippen molar-refractivity contribution in [1.82, 2.24) is 15.0 Å². The van der Waals surface area contributed by atoms with E-state index in [2.05, 4.69) is 21.9 Å². The fourth-order valence-corrected chi connectivity index (χ4v) is 1.43. The van der Waals surface area contributed by atoms with Crippen LogP contribution >= 0.6 is 0 Å². The Bertz CT molecular complexity index is 543. The number of fused-ring (bicyclic) bond motifs is 1. The van der Waals surface area contributed by atoms with Gasteiger partial charge in [-0.25, -0.2) is 4.79 Å². The lowest BCUT2D eigenvalue weighted by atomic mass is 10.3. The number of nitrogen functional groups attached to an aromatic ring is 1. The lowest BCUT2D eigenvalue weighted by Gasteiger charge is -2.05. The number of rotatable bonds is 4. The molecule has 4 N–H and O–H groups in total. The van der Waals surface area contributed by atoms with Gasteiger partial charge in [-0.1, -0.05) is 13.3 Å². The van der Waals surface area contributed by atoms with E-state index in [4.69, 9.17) is 10.5 Å². The first-order chi connectivity index (χ1) is 7.70. The molecule has 86 valence electrons. The number of aromatic nitrogens is 3. The quantitative estimate of drug-likeness (QED) is 0.672. The normalized spacial score (nSPS) is 10.8. The maximum Gasteiger partial charge on any atom is 0.323 e. The summed E-state index contributed by atoms with van der Waals surface area (Å²) in [7, 11) is 0. The first kappa shape index (κ1) is 10.5. The van der Waals surface area contributed by atoms with Crippen LogP contribution in [0.4, 0.5) is 5.82 Å². The molecule has 0 saturated heterocycles. The van der Waals surface area contributed by atoms with Crippen molar-refractivity contribution in [3.63, 3.8) is 0 Å². The average molecular weight is 222 g/mol. The predicted octanol–water partition coefficient (Wildman–Crippen LogP) is 1.01. The molecule has 16 heavy (non-hydrogen) atoms. The van der Waals surface area contributed by atoms with E-state index in [0.717, 1.165) is 12.8 Å². The van der Waals surface area contributed by atoms with Crippen LogP contribution in [-0.2, 0) is 0 Å². The van der Waals surface area contributed by atoms with E-state index in [-0.39, 0.29) is 11.5 Å². The van der Waals surface area contributed by atoms with Gasteiger partial charge in [-0.2, -0.15) is 4.98 Å². The Balaban J connectivity index is 2.30. The minimum Gasteiger partial charge on any atom is -0.478 e. The SMILES string of the molecule is CCCCOc1cc2[nH]c(=O)[nH]c2c(N)n1. The van der Waals surface area contributed by atoms with Gasteiger partial charge in [0.15, 0.2) is 5.82 Å². The van der Waals surface area contributed by atoms with E-state index < -0.39 is 0 Å². The molecular weight excluding hydrogens is 208 g/mol. The molecule has 0 aliphatic carbocycles. The van der Waals surface area contributed by atoms with Crippen LogP contribution in [0.1, 0.15) is 19.8 Å². The summed E-state index contributed by atoms with van der Waals surface area (Å²) in [5.41, 5.74) is 6.53. The molecule has 0 aliphatic heterocycles. The average Bonchev–Trinajstić information content (AvgIpc) is 2.60. The minimum absolute atomic E-state index is 0.266. The highest BCUT2D eigenvalue weighted by atomic mass is 16.5. The second-order valence-corrected chi connectivity index (χ2v) is 3.55. The Morgan fingerprint density at radius 3 is 3.06 bits per heavy atom. The number of unbranched alkanes of at least 4 members (excludes halogenated alkanes) is 1. The second kappa shape index (κ2) is 4.26. The number of anilines is 1. The molecule has 0 saturated carbocycles. The number of nitrogens with two attached hydrogens (primary N) is 1. The molecule has 0 bridgehead atoms. The number of nitrogens with one attached hydrogen (secondary N) is 2. The maximum absolute atomic E-state index is 11.1. The van der Waals surface area contributed by atoms with E-state index in [0.29, 0.717) is 23.5 Å². The number of ether oxygens (including phenoxy) is 1. The predicted molar refractivity (Wildman–Crippen MR) is 61.5 cm³/mol. The smallest absolute Gasteiger partial charge is 0.323 e. The molecule has 6 nitrogen and oxygen atoms in total. The van der Waals surface area contributed by atoms with Crippen LogP contribution in [0.25, 0.3) is 11.0 Å². The summed E-state index contributed by atoms with van der Waals surface area (Å²) in [6.07, 6.45) is 2.02. The Morgan fingerprint density at radius 2 is 2.31 bits per heavy atom. The van der Waals surface area contributed by atoms with E-state index >= 15 is 0 Å². The summed E-state index contributed by atoms with van der Waals surface area (Å²) in [5.74, 6) is 0.705. The van der Waals surface area contributed by atoms with Crippen molar-refractivity contribution in [1.29, 1.82) is 0 Å². The zero-order chi connectivity index (χ0) is 11.5. The molecule has 2 aromatic heterocycles. The van der Waals surface area contributed by atoms with Gasteiger partial charge in [0.25, 0.3) is 0 Å². The number of aromatic amines is 2. The number of nitrogens with zero attached hydrogens (tertiary/aromatic N) is 1. The van der Waals surface area contributed by atoms with Crippen LogP contribution in [0.15, 0.2) is 10.9 Å². The number of pyridine rings is 1. The third-order valence-electron chi connectivity index (χ3n) is 2.26. The Kier molecular flexibility index (Phi) is 2.80. The monoisotopic (exact) mass is 222 g/mol. The van der Waals surface area contributed by atoms with Crippen LogP contribution in [-0.4, -0.2) is 21.6 Å². The van der Waals surface area contributed by atoms with Crippen LogP contribution in [0.2, 0.25) is 0 Å². The topological polar surface area (TPSA) is 96.8 Å². The second-order valence-electron chi connectivity index (χ2n) is 3.55. The standard InChI is InChI=1S/C10H14N4O2/c1-2-3-4-16-7-5-6-8(9(11)13-7)14-10(15)12-6/h5H,2-4H2,1H3,(H2,11,13)(H2,12,14,15). The van der Waals surface area contributed by atoms with Gasteiger partial charge in [0.1, 0.15) is 5.52 Å². The van der Waals surface area contributed by atoms with E-state index in [1.807, 2.05) is 0 Å². The van der Waals surface area contributed by atoms with Crippen molar-refractivity contribution < 1.29 is 4.74 Å². The minimum atomic E-state index is -0.297. The number of imidazole rings is 1. The Morgan fingerprint density at radius 1 is 1.50 bits per heavy atom. The number of hydrogen-bond acceptors (Lipinski definition) is 4. The third kappa shape index (κ3) is 2.00. The molecule has 0 aromatic carbocycles. The highest BCUT2D eigenvalue weighted by Crippen LogP contribution is 2.19. The van der Waals surface area contributed by atoms with E-state index in [1.165, 1.54) is 0 Å². The summed E-state index contributed by atoms with van der Waals surface area (Å²) < 4.78 is 5.42. The van der Waals surface area contributed by atoms with Gasteiger partial charge in [-0.15, -0.1) is 0 Å². The van der Waals surface area contributed by atoms with Crippen LogP contribution in [0, 0.1) is 0 Å².